The van der Waals surface area contributed by atoms with E-state index in [0.717, 1.165) is 77.0 Å². The summed E-state index contributed by atoms with van der Waals surface area (Å²) >= 11 is 0. The zero-order chi connectivity index (χ0) is 47.4. The molecule has 0 heterocycles. The molecule has 0 rings (SSSR count). The second-order valence-corrected chi connectivity index (χ2v) is 18.8. The summed E-state index contributed by atoms with van der Waals surface area (Å²) in [7, 11) is -4.39. The van der Waals surface area contributed by atoms with Crippen molar-refractivity contribution >= 4 is 19.8 Å². The molecule has 0 spiro atoms. The molecule has 65 heavy (non-hydrogen) atoms. The molecule has 0 aliphatic carbocycles. The van der Waals surface area contributed by atoms with E-state index >= 15 is 0 Å². The number of rotatable bonds is 49. The fraction of sp³-hybridized carbons (Fsp3) is 0.745. The van der Waals surface area contributed by atoms with E-state index < -0.39 is 26.5 Å². The number of phosphoric acid groups is 1. The summed E-state index contributed by atoms with van der Waals surface area (Å²) in [5.74, 6) is -0.855. The SMILES string of the molecule is CC/C=C\C/C=C\C/C=C\C/C=C\CCCCCCC(=O)OC(COC(=O)CCCCCCCCCCCCCCCCC/C=C\C/C=C\CCCCCCC)COP(=O)(O)OCCN. The zero-order valence-corrected chi connectivity index (χ0v) is 42.6. The lowest BCUT2D eigenvalue weighted by atomic mass is 10.0. The average Bonchev–Trinajstić information content (AvgIpc) is 3.30. The van der Waals surface area contributed by atoms with Gasteiger partial charge in [0.05, 0.1) is 13.2 Å². The molecule has 0 bridgehead atoms. The highest BCUT2D eigenvalue weighted by Crippen LogP contribution is 2.43. The van der Waals surface area contributed by atoms with E-state index in [0.29, 0.717) is 6.42 Å². The van der Waals surface area contributed by atoms with E-state index in [1.54, 1.807) is 0 Å². The molecular weight excluding hydrogens is 834 g/mol. The number of allylic oxidation sites excluding steroid dienone is 12. The third-order valence-corrected chi connectivity index (χ3v) is 12.1. The van der Waals surface area contributed by atoms with Gasteiger partial charge in [-0.05, 0) is 83.5 Å². The van der Waals surface area contributed by atoms with Crippen molar-refractivity contribution in [3.05, 3.63) is 72.9 Å². The lowest BCUT2D eigenvalue weighted by Gasteiger charge is -2.19. The topological polar surface area (TPSA) is 134 Å². The second-order valence-electron chi connectivity index (χ2n) is 17.4. The number of ether oxygens (including phenoxy) is 2. The molecule has 0 saturated carbocycles. The number of unbranched alkanes of at least 4 members (excludes halogenated alkanes) is 24. The van der Waals surface area contributed by atoms with E-state index in [1.165, 1.54) is 122 Å². The van der Waals surface area contributed by atoms with Gasteiger partial charge in [-0.2, -0.15) is 0 Å². The highest BCUT2D eigenvalue weighted by Gasteiger charge is 2.26. The lowest BCUT2D eigenvalue weighted by Crippen LogP contribution is -2.29. The van der Waals surface area contributed by atoms with Crippen LogP contribution in [0.2, 0.25) is 0 Å². The fourth-order valence-electron chi connectivity index (χ4n) is 7.19. The van der Waals surface area contributed by atoms with Gasteiger partial charge < -0.3 is 20.1 Å². The van der Waals surface area contributed by atoms with Gasteiger partial charge in [0.15, 0.2) is 6.10 Å². The first kappa shape index (κ1) is 62.4. The maximum atomic E-state index is 12.6. The zero-order valence-electron chi connectivity index (χ0n) is 41.7. The van der Waals surface area contributed by atoms with E-state index in [1.807, 2.05) is 0 Å². The number of esters is 2. The van der Waals surface area contributed by atoms with Crippen molar-refractivity contribution in [2.75, 3.05) is 26.4 Å². The van der Waals surface area contributed by atoms with Crippen molar-refractivity contribution in [2.45, 2.75) is 238 Å². The summed E-state index contributed by atoms with van der Waals surface area (Å²) in [6.07, 6.45) is 63.8. The Labute approximate surface area is 399 Å². The highest BCUT2D eigenvalue weighted by atomic mass is 31.2. The molecule has 3 N–H and O–H groups in total. The van der Waals surface area contributed by atoms with Gasteiger partial charge in [-0.25, -0.2) is 4.57 Å². The molecule has 0 radical (unpaired) electrons. The van der Waals surface area contributed by atoms with Crippen LogP contribution < -0.4 is 5.73 Å². The van der Waals surface area contributed by atoms with Crippen LogP contribution >= 0.6 is 7.82 Å². The number of phosphoric ester groups is 1. The summed E-state index contributed by atoms with van der Waals surface area (Å²) in [4.78, 5) is 35.1. The van der Waals surface area contributed by atoms with Crippen LogP contribution in [-0.2, 0) is 32.7 Å². The van der Waals surface area contributed by atoms with E-state index in [2.05, 4.69) is 86.8 Å². The Kier molecular flexibility index (Phi) is 48.9. The molecule has 0 aromatic carbocycles. The van der Waals surface area contributed by atoms with Crippen LogP contribution in [0.4, 0.5) is 0 Å². The molecule has 0 saturated heterocycles. The van der Waals surface area contributed by atoms with Crippen molar-refractivity contribution in [1.82, 2.24) is 0 Å². The average molecular weight is 932 g/mol. The minimum atomic E-state index is -4.39. The van der Waals surface area contributed by atoms with E-state index in [4.69, 9.17) is 24.3 Å². The normalized spacial score (nSPS) is 13.7. The van der Waals surface area contributed by atoms with Crippen LogP contribution in [0.5, 0.6) is 0 Å². The standard InChI is InChI=1S/C55H98NO8P/c1-3-5-7-9-11-13-15-17-19-21-22-23-24-25-26-27-28-29-30-32-33-35-37-39-41-43-45-47-54(57)61-51-53(52-63-65(59,60)62-50-49-56)64-55(58)48-46-44-42-40-38-36-34-31-20-18-16-14-12-10-8-6-4-2/h6,8,12,14-15,17-18,20-22,34,36,53H,3-5,7,9-11,13,16,19,23-33,35,37-52,56H2,1-2H3,(H,59,60)/b8-6-,14-12-,17-15-,20-18-,22-21-,36-34-. The lowest BCUT2D eigenvalue weighted by molar-refractivity contribution is -0.161. The number of carbonyl (C=O) groups is 2. The highest BCUT2D eigenvalue weighted by molar-refractivity contribution is 7.47. The number of carbonyl (C=O) groups excluding carboxylic acids is 2. The summed E-state index contributed by atoms with van der Waals surface area (Å²) in [5, 5.41) is 0. The van der Waals surface area contributed by atoms with Gasteiger partial charge in [-0.3, -0.25) is 18.6 Å². The van der Waals surface area contributed by atoms with Crippen molar-refractivity contribution in [3.63, 3.8) is 0 Å². The minimum Gasteiger partial charge on any atom is -0.462 e. The quantitative estimate of drug-likeness (QED) is 0.0265. The fourth-order valence-corrected chi connectivity index (χ4v) is 7.95. The Morgan fingerprint density at radius 2 is 0.846 bits per heavy atom. The first-order chi connectivity index (χ1) is 31.8. The van der Waals surface area contributed by atoms with Gasteiger partial charge in [0.1, 0.15) is 6.61 Å². The molecule has 0 fully saturated rings. The van der Waals surface area contributed by atoms with Gasteiger partial charge >= 0.3 is 19.8 Å². The van der Waals surface area contributed by atoms with Crippen molar-refractivity contribution in [3.8, 4) is 0 Å². The van der Waals surface area contributed by atoms with Gasteiger partial charge in [0, 0.05) is 19.4 Å². The first-order valence-electron chi connectivity index (χ1n) is 26.4. The Morgan fingerprint density at radius 3 is 1.26 bits per heavy atom. The molecule has 0 aliphatic heterocycles. The Bertz CT molecular complexity index is 1290. The number of hydrogen-bond acceptors (Lipinski definition) is 8. The van der Waals surface area contributed by atoms with Crippen LogP contribution in [0, 0.1) is 0 Å². The molecule has 0 aliphatic rings. The summed E-state index contributed by atoms with van der Waals surface area (Å²) in [6, 6.07) is 0. The molecular formula is C55H98NO8P. The van der Waals surface area contributed by atoms with Crippen LogP contribution in [0.15, 0.2) is 72.9 Å². The number of hydrogen-bond donors (Lipinski definition) is 2. The maximum absolute atomic E-state index is 12.6. The summed E-state index contributed by atoms with van der Waals surface area (Å²) in [6.45, 7) is 3.60. The van der Waals surface area contributed by atoms with Gasteiger partial charge in [-0.15, -0.1) is 0 Å². The van der Waals surface area contributed by atoms with Crippen LogP contribution in [0.3, 0.4) is 0 Å². The number of nitrogens with two attached hydrogens (primary N) is 1. The summed E-state index contributed by atoms with van der Waals surface area (Å²) < 4.78 is 32.9. The minimum absolute atomic E-state index is 0.0464. The molecule has 376 valence electrons. The van der Waals surface area contributed by atoms with Gasteiger partial charge in [0.25, 0.3) is 0 Å². The van der Waals surface area contributed by atoms with Crippen LogP contribution in [-0.4, -0.2) is 49.3 Å². The predicted molar refractivity (Wildman–Crippen MR) is 275 cm³/mol. The largest absolute Gasteiger partial charge is 0.472 e. The first-order valence-corrected chi connectivity index (χ1v) is 27.9. The monoisotopic (exact) mass is 932 g/mol. The van der Waals surface area contributed by atoms with Crippen molar-refractivity contribution in [1.29, 1.82) is 0 Å². The van der Waals surface area contributed by atoms with E-state index in [-0.39, 0.29) is 38.6 Å². The van der Waals surface area contributed by atoms with Gasteiger partial charge in [0.2, 0.25) is 0 Å². The maximum Gasteiger partial charge on any atom is 0.472 e. The smallest absolute Gasteiger partial charge is 0.462 e. The predicted octanol–water partition coefficient (Wildman–Crippen LogP) is 16.2. The van der Waals surface area contributed by atoms with Gasteiger partial charge in [-0.1, -0.05) is 209 Å². The van der Waals surface area contributed by atoms with Crippen molar-refractivity contribution in [2.24, 2.45) is 5.73 Å². The second kappa shape index (κ2) is 50.9. The van der Waals surface area contributed by atoms with E-state index in [9.17, 15) is 19.0 Å². The Balaban J connectivity index is 4.00. The molecule has 2 unspecified atom stereocenters. The molecule has 9 nitrogen and oxygen atoms in total. The Hall–Kier alpha value is -2.55. The summed E-state index contributed by atoms with van der Waals surface area (Å²) in [5.41, 5.74) is 5.37. The third-order valence-electron chi connectivity index (χ3n) is 11.1. The molecule has 2 atom stereocenters. The Morgan fingerprint density at radius 1 is 0.477 bits per heavy atom. The van der Waals surface area contributed by atoms with Crippen LogP contribution in [0.25, 0.3) is 0 Å². The van der Waals surface area contributed by atoms with Crippen LogP contribution in [0.1, 0.15) is 232 Å². The third kappa shape index (κ3) is 50.7. The molecule has 0 aromatic heterocycles. The molecule has 0 amide bonds. The molecule has 10 heteroatoms. The van der Waals surface area contributed by atoms with Crippen molar-refractivity contribution < 1.29 is 37.6 Å². The molecule has 0 aromatic rings.